The molecule has 4 aromatic rings. The fraction of sp³-hybridized carbons (Fsp3) is 0.133. The van der Waals surface area contributed by atoms with Crippen molar-refractivity contribution >= 4 is 23.3 Å². The maximum absolute atomic E-state index is 13.9. The van der Waals surface area contributed by atoms with E-state index in [4.69, 9.17) is 9.47 Å². The second kappa shape index (κ2) is 8.61. The molecule has 0 N–H and O–H groups in total. The summed E-state index contributed by atoms with van der Waals surface area (Å²) in [6.45, 7) is 0. The molecule has 4 aromatic carbocycles. The first-order valence-electron chi connectivity index (χ1n) is 11.5. The average molecular weight is 479 g/mol. The van der Waals surface area contributed by atoms with Crippen LogP contribution in [-0.4, -0.2) is 21.4 Å². The molecule has 6 rings (SSSR count). The highest BCUT2D eigenvalue weighted by Gasteiger charge is 2.75. The predicted molar refractivity (Wildman–Crippen MR) is 135 cm³/mol. The summed E-state index contributed by atoms with van der Waals surface area (Å²) in [6.07, 6.45) is -0.968. The van der Waals surface area contributed by atoms with Crippen molar-refractivity contribution in [3.8, 4) is 0 Å². The van der Waals surface area contributed by atoms with Crippen LogP contribution in [0.25, 0.3) is 0 Å². The van der Waals surface area contributed by atoms with E-state index in [2.05, 4.69) is 0 Å². The van der Waals surface area contributed by atoms with E-state index in [9.17, 15) is 9.59 Å². The molecule has 2 heterocycles. The zero-order valence-corrected chi connectivity index (χ0v) is 19.6. The fourth-order valence-electron chi connectivity index (χ4n) is 4.51. The van der Waals surface area contributed by atoms with Crippen molar-refractivity contribution in [2.75, 3.05) is 0 Å². The SMILES string of the molecule is O=C(c1ccccc1)C1(SC2(C(=O)c3ccccc3)OC2c2ccccc2)OC1c1ccccc1. The van der Waals surface area contributed by atoms with Crippen molar-refractivity contribution in [3.05, 3.63) is 144 Å². The number of hydrogen-bond donors (Lipinski definition) is 0. The van der Waals surface area contributed by atoms with E-state index < -0.39 is 22.1 Å². The second-order valence-corrected chi connectivity index (χ2v) is 10.1. The average Bonchev–Trinajstić information content (AvgIpc) is 3.85. The first kappa shape index (κ1) is 22.0. The van der Waals surface area contributed by atoms with Crippen LogP contribution in [0.1, 0.15) is 44.1 Å². The number of ether oxygens (including phenoxy) is 2. The number of carbonyl (C=O) groups is 2. The van der Waals surface area contributed by atoms with E-state index in [-0.39, 0.29) is 11.6 Å². The quantitative estimate of drug-likeness (QED) is 0.216. The Morgan fingerprint density at radius 2 is 0.829 bits per heavy atom. The molecule has 0 aliphatic carbocycles. The van der Waals surface area contributed by atoms with Gasteiger partial charge in [-0.3, -0.25) is 9.59 Å². The van der Waals surface area contributed by atoms with Crippen molar-refractivity contribution in [2.24, 2.45) is 0 Å². The smallest absolute Gasteiger partial charge is 0.211 e. The van der Waals surface area contributed by atoms with Gasteiger partial charge < -0.3 is 9.47 Å². The molecule has 0 bridgehead atoms. The summed E-state index contributed by atoms with van der Waals surface area (Å²) < 4.78 is 12.5. The molecular formula is C30H22O4S. The number of Topliss-reactive ketones (excluding diaryl/α,β-unsaturated/α-hetero) is 2. The van der Waals surface area contributed by atoms with Gasteiger partial charge in [-0.1, -0.05) is 133 Å². The van der Waals surface area contributed by atoms with Crippen molar-refractivity contribution in [1.82, 2.24) is 0 Å². The van der Waals surface area contributed by atoms with Gasteiger partial charge in [0.25, 0.3) is 0 Å². The summed E-state index contributed by atoms with van der Waals surface area (Å²) in [7, 11) is 0. The predicted octanol–water partition coefficient (Wildman–Crippen LogP) is 6.42. The molecule has 2 aliphatic heterocycles. The zero-order valence-electron chi connectivity index (χ0n) is 18.7. The molecule has 4 atom stereocenters. The number of benzene rings is 4. The lowest BCUT2D eigenvalue weighted by Gasteiger charge is -2.18. The Hall–Kier alpha value is -3.51. The Bertz CT molecular complexity index is 1250. The van der Waals surface area contributed by atoms with Crippen LogP contribution in [0.15, 0.2) is 121 Å². The zero-order chi connectivity index (χ0) is 23.9. The standard InChI is InChI=1S/C30H22O4S/c31-25(21-13-5-1-6-14-21)29(27(33-29)23-17-9-3-10-18-23)35-30(26(32)22-15-7-2-8-16-22)28(34-30)24-19-11-4-12-20-24/h1-20,27-28H. The summed E-state index contributed by atoms with van der Waals surface area (Å²) in [6, 6.07) is 37.5. The molecule has 35 heavy (non-hydrogen) atoms. The first-order valence-corrected chi connectivity index (χ1v) is 12.3. The molecule has 2 aliphatic rings. The fourth-order valence-corrected chi connectivity index (χ4v) is 6.16. The monoisotopic (exact) mass is 478 g/mol. The second-order valence-electron chi connectivity index (χ2n) is 8.64. The van der Waals surface area contributed by atoms with Gasteiger partial charge in [0.15, 0.2) is 0 Å². The minimum Gasteiger partial charge on any atom is -0.341 e. The van der Waals surface area contributed by atoms with E-state index in [0.29, 0.717) is 11.1 Å². The molecule has 4 nitrogen and oxygen atoms in total. The van der Waals surface area contributed by atoms with Gasteiger partial charge in [0.2, 0.25) is 21.4 Å². The molecule has 0 spiro atoms. The molecule has 0 radical (unpaired) electrons. The molecule has 172 valence electrons. The van der Waals surface area contributed by atoms with Crippen LogP contribution < -0.4 is 0 Å². The number of rotatable bonds is 8. The highest BCUT2D eigenvalue weighted by atomic mass is 32.2. The van der Waals surface area contributed by atoms with E-state index in [1.165, 1.54) is 11.8 Å². The van der Waals surface area contributed by atoms with E-state index >= 15 is 0 Å². The van der Waals surface area contributed by atoms with Crippen LogP contribution in [0.2, 0.25) is 0 Å². The van der Waals surface area contributed by atoms with Crippen LogP contribution in [0.3, 0.4) is 0 Å². The van der Waals surface area contributed by atoms with Crippen molar-refractivity contribution in [3.63, 3.8) is 0 Å². The lowest BCUT2D eigenvalue weighted by Crippen LogP contribution is -2.32. The number of carbonyl (C=O) groups excluding carboxylic acids is 2. The highest BCUT2D eigenvalue weighted by Crippen LogP contribution is 2.70. The van der Waals surface area contributed by atoms with Crippen LogP contribution in [0.4, 0.5) is 0 Å². The van der Waals surface area contributed by atoms with E-state index in [0.717, 1.165) is 11.1 Å². The minimum absolute atomic E-state index is 0.167. The Kier molecular flexibility index (Phi) is 5.41. The lowest BCUT2D eigenvalue weighted by atomic mass is 10.0. The Morgan fingerprint density at radius 3 is 1.17 bits per heavy atom. The maximum atomic E-state index is 13.9. The van der Waals surface area contributed by atoms with Gasteiger partial charge in [-0.2, -0.15) is 0 Å². The van der Waals surface area contributed by atoms with Crippen LogP contribution in [0.5, 0.6) is 0 Å². The lowest BCUT2D eigenvalue weighted by molar-refractivity contribution is 0.0923. The Morgan fingerprint density at radius 1 is 0.514 bits per heavy atom. The topological polar surface area (TPSA) is 59.2 Å². The molecular weight excluding hydrogens is 456 g/mol. The Labute approximate surface area is 207 Å². The Balaban J connectivity index is 1.43. The highest BCUT2D eigenvalue weighted by molar-refractivity contribution is 8.03. The van der Waals surface area contributed by atoms with Crippen LogP contribution >= 0.6 is 11.8 Å². The van der Waals surface area contributed by atoms with Gasteiger partial charge in [0.1, 0.15) is 12.2 Å². The third kappa shape index (κ3) is 3.82. The van der Waals surface area contributed by atoms with Crippen LogP contribution in [0, 0.1) is 0 Å². The van der Waals surface area contributed by atoms with Gasteiger partial charge >= 0.3 is 0 Å². The minimum atomic E-state index is -1.27. The molecule has 0 aromatic heterocycles. The van der Waals surface area contributed by atoms with E-state index in [1.807, 2.05) is 97.1 Å². The van der Waals surface area contributed by atoms with Gasteiger partial charge in [-0.25, -0.2) is 0 Å². The van der Waals surface area contributed by atoms with Gasteiger partial charge in [-0.05, 0) is 11.1 Å². The molecule has 5 heteroatoms. The molecule has 0 amide bonds. The number of hydrogen-bond acceptors (Lipinski definition) is 5. The number of ketones is 2. The first-order chi connectivity index (χ1) is 17.1. The molecule has 4 unspecified atom stereocenters. The summed E-state index contributed by atoms with van der Waals surface area (Å²) in [4.78, 5) is 25.3. The summed E-state index contributed by atoms with van der Waals surface area (Å²) in [5, 5.41) is 0. The van der Waals surface area contributed by atoms with Crippen LogP contribution in [-0.2, 0) is 9.47 Å². The normalized spacial score (nSPS) is 26.6. The van der Waals surface area contributed by atoms with Crippen molar-refractivity contribution in [1.29, 1.82) is 0 Å². The summed E-state index contributed by atoms with van der Waals surface area (Å²) >= 11 is 1.19. The summed E-state index contributed by atoms with van der Waals surface area (Å²) in [5.74, 6) is -0.334. The third-order valence-corrected chi connectivity index (χ3v) is 7.97. The summed E-state index contributed by atoms with van der Waals surface area (Å²) in [5.41, 5.74) is 2.86. The number of epoxide rings is 2. The maximum Gasteiger partial charge on any atom is 0.211 e. The van der Waals surface area contributed by atoms with Crippen molar-refractivity contribution in [2.45, 2.75) is 22.1 Å². The molecule has 2 fully saturated rings. The van der Waals surface area contributed by atoms with Gasteiger partial charge in [-0.15, -0.1) is 0 Å². The molecule has 2 saturated heterocycles. The molecule has 0 saturated carbocycles. The van der Waals surface area contributed by atoms with E-state index in [1.54, 1.807) is 24.3 Å². The van der Waals surface area contributed by atoms with Gasteiger partial charge in [0, 0.05) is 11.1 Å². The van der Waals surface area contributed by atoms with Crippen molar-refractivity contribution < 1.29 is 19.1 Å². The third-order valence-electron chi connectivity index (χ3n) is 6.37. The van der Waals surface area contributed by atoms with Gasteiger partial charge in [0.05, 0.1) is 0 Å². The largest absolute Gasteiger partial charge is 0.341 e. The number of thioether (sulfide) groups is 1.